The number of aromatic nitrogens is 4. The highest BCUT2D eigenvalue weighted by atomic mass is 32.2. The SMILES string of the molecule is COc1cccc(-c2nccnc2[C@H]2CCCN(S(=O)(=O)c3cn(C)cn3)C2)c1. The summed E-state index contributed by atoms with van der Waals surface area (Å²) in [6, 6.07) is 7.66. The molecule has 1 saturated heterocycles. The number of aryl methyl sites for hydroxylation is 1. The number of nitrogens with zero attached hydrogens (tertiary/aromatic N) is 5. The van der Waals surface area contributed by atoms with Gasteiger partial charge in [0.25, 0.3) is 10.0 Å². The second-order valence-corrected chi connectivity index (χ2v) is 8.99. The van der Waals surface area contributed by atoms with Crippen LogP contribution in [0.5, 0.6) is 5.75 Å². The minimum absolute atomic E-state index is 0.0443. The first kappa shape index (κ1) is 19.5. The van der Waals surface area contributed by atoms with E-state index in [2.05, 4.69) is 15.0 Å². The first-order valence-electron chi connectivity index (χ1n) is 9.42. The Bertz CT molecular complexity index is 1110. The van der Waals surface area contributed by atoms with Gasteiger partial charge in [0.15, 0.2) is 5.03 Å². The van der Waals surface area contributed by atoms with Crippen molar-refractivity contribution in [1.29, 1.82) is 0 Å². The molecule has 0 bridgehead atoms. The molecule has 152 valence electrons. The van der Waals surface area contributed by atoms with E-state index in [-0.39, 0.29) is 10.9 Å². The zero-order chi connectivity index (χ0) is 20.4. The van der Waals surface area contributed by atoms with Crippen LogP contribution in [-0.2, 0) is 17.1 Å². The summed E-state index contributed by atoms with van der Waals surface area (Å²) in [5.74, 6) is 0.694. The number of rotatable bonds is 5. The van der Waals surface area contributed by atoms with Crippen LogP contribution in [0.15, 0.2) is 54.2 Å². The molecule has 0 unspecified atom stereocenters. The monoisotopic (exact) mass is 413 g/mol. The van der Waals surface area contributed by atoms with Gasteiger partial charge in [-0.2, -0.15) is 4.31 Å². The van der Waals surface area contributed by atoms with E-state index in [0.29, 0.717) is 13.1 Å². The first-order chi connectivity index (χ1) is 14.0. The van der Waals surface area contributed by atoms with Crippen molar-refractivity contribution in [2.75, 3.05) is 20.2 Å². The Labute approximate surface area is 170 Å². The molecular weight excluding hydrogens is 390 g/mol. The number of methoxy groups -OCH3 is 1. The maximum Gasteiger partial charge on any atom is 0.262 e. The Kier molecular flexibility index (Phi) is 5.33. The van der Waals surface area contributed by atoms with Crippen LogP contribution in [0.1, 0.15) is 24.5 Å². The number of hydrogen-bond donors (Lipinski definition) is 0. The molecule has 1 aromatic carbocycles. The number of imidazole rings is 1. The van der Waals surface area contributed by atoms with E-state index < -0.39 is 10.0 Å². The third-order valence-corrected chi connectivity index (χ3v) is 6.88. The average molecular weight is 414 g/mol. The van der Waals surface area contributed by atoms with Crippen LogP contribution >= 0.6 is 0 Å². The van der Waals surface area contributed by atoms with Crippen molar-refractivity contribution in [2.45, 2.75) is 23.8 Å². The van der Waals surface area contributed by atoms with Gasteiger partial charge in [0.1, 0.15) is 5.75 Å². The molecule has 0 amide bonds. The third kappa shape index (κ3) is 3.88. The Hall–Kier alpha value is -2.78. The highest BCUT2D eigenvalue weighted by Crippen LogP contribution is 2.34. The van der Waals surface area contributed by atoms with Gasteiger partial charge in [-0.05, 0) is 25.0 Å². The molecule has 3 aromatic rings. The number of benzene rings is 1. The highest BCUT2D eigenvalue weighted by Gasteiger charge is 2.34. The number of hydrogen-bond acceptors (Lipinski definition) is 6. The van der Waals surface area contributed by atoms with E-state index >= 15 is 0 Å². The van der Waals surface area contributed by atoms with Crippen molar-refractivity contribution >= 4 is 10.0 Å². The number of piperidine rings is 1. The van der Waals surface area contributed by atoms with Crippen molar-refractivity contribution in [3.8, 4) is 17.0 Å². The lowest BCUT2D eigenvalue weighted by Gasteiger charge is -2.31. The van der Waals surface area contributed by atoms with Gasteiger partial charge in [-0.15, -0.1) is 0 Å². The molecular formula is C20H23N5O3S. The summed E-state index contributed by atoms with van der Waals surface area (Å²) in [5, 5.41) is 0.0767. The fourth-order valence-corrected chi connectivity index (χ4v) is 5.17. The molecule has 0 aliphatic carbocycles. The quantitative estimate of drug-likeness (QED) is 0.638. The van der Waals surface area contributed by atoms with Crippen molar-refractivity contribution < 1.29 is 13.2 Å². The van der Waals surface area contributed by atoms with Crippen molar-refractivity contribution in [3.63, 3.8) is 0 Å². The van der Waals surface area contributed by atoms with Gasteiger partial charge in [0.05, 0.1) is 24.8 Å². The molecule has 1 fully saturated rings. The van der Waals surface area contributed by atoms with E-state index in [1.165, 1.54) is 16.8 Å². The maximum atomic E-state index is 13.0. The summed E-state index contributed by atoms with van der Waals surface area (Å²) in [4.78, 5) is 13.2. The zero-order valence-electron chi connectivity index (χ0n) is 16.4. The lowest BCUT2D eigenvalue weighted by Crippen LogP contribution is -2.39. The fraction of sp³-hybridized carbons (Fsp3) is 0.350. The van der Waals surface area contributed by atoms with E-state index in [9.17, 15) is 8.42 Å². The van der Waals surface area contributed by atoms with Gasteiger partial charge in [-0.25, -0.2) is 13.4 Å². The molecule has 0 saturated carbocycles. The Morgan fingerprint density at radius 3 is 2.76 bits per heavy atom. The van der Waals surface area contributed by atoms with Gasteiger partial charge in [0, 0.05) is 50.2 Å². The molecule has 0 radical (unpaired) electrons. The molecule has 1 aliphatic rings. The lowest BCUT2D eigenvalue weighted by atomic mass is 9.92. The number of sulfonamides is 1. The van der Waals surface area contributed by atoms with Gasteiger partial charge in [-0.1, -0.05) is 12.1 Å². The summed E-state index contributed by atoms with van der Waals surface area (Å²) < 4.78 is 34.5. The summed E-state index contributed by atoms with van der Waals surface area (Å²) in [5.41, 5.74) is 2.47. The minimum atomic E-state index is -3.64. The van der Waals surface area contributed by atoms with E-state index in [0.717, 1.165) is 35.5 Å². The smallest absolute Gasteiger partial charge is 0.262 e. The largest absolute Gasteiger partial charge is 0.497 e. The average Bonchev–Trinajstić information content (AvgIpc) is 3.21. The molecule has 1 atom stereocenters. The number of ether oxygens (including phenoxy) is 1. The van der Waals surface area contributed by atoms with Crippen LogP contribution in [-0.4, -0.2) is 52.4 Å². The second kappa shape index (κ2) is 7.92. The van der Waals surface area contributed by atoms with Gasteiger partial charge < -0.3 is 9.30 Å². The minimum Gasteiger partial charge on any atom is -0.497 e. The Morgan fingerprint density at radius 1 is 1.17 bits per heavy atom. The topological polar surface area (TPSA) is 90.2 Å². The molecule has 1 aliphatic heterocycles. The molecule has 4 rings (SSSR count). The van der Waals surface area contributed by atoms with E-state index in [4.69, 9.17) is 4.74 Å². The van der Waals surface area contributed by atoms with Crippen molar-refractivity contribution in [2.24, 2.45) is 7.05 Å². The van der Waals surface area contributed by atoms with Gasteiger partial charge >= 0.3 is 0 Å². The predicted octanol–water partition coefficient (Wildman–Crippen LogP) is 2.45. The molecule has 0 spiro atoms. The maximum absolute atomic E-state index is 13.0. The summed E-state index contributed by atoms with van der Waals surface area (Å²) in [7, 11) is -0.259. The summed E-state index contributed by atoms with van der Waals surface area (Å²) in [6.07, 6.45) is 7.95. The van der Waals surface area contributed by atoms with Crippen molar-refractivity contribution in [1.82, 2.24) is 23.8 Å². The van der Waals surface area contributed by atoms with Crippen LogP contribution in [0.3, 0.4) is 0 Å². The van der Waals surface area contributed by atoms with Crippen LogP contribution in [0.2, 0.25) is 0 Å². The van der Waals surface area contributed by atoms with Gasteiger partial charge in [-0.3, -0.25) is 9.97 Å². The second-order valence-electron chi connectivity index (χ2n) is 7.10. The molecule has 3 heterocycles. The molecule has 8 nitrogen and oxygen atoms in total. The fourth-order valence-electron chi connectivity index (χ4n) is 3.68. The molecule has 2 aromatic heterocycles. The molecule has 0 N–H and O–H groups in total. The lowest BCUT2D eigenvalue weighted by molar-refractivity contribution is 0.312. The predicted molar refractivity (Wildman–Crippen MR) is 108 cm³/mol. The molecule has 29 heavy (non-hydrogen) atoms. The van der Waals surface area contributed by atoms with E-state index in [1.54, 1.807) is 31.1 Å². The molecule has 9 heteroatoms. The third-order valence-electron chi connectivity index (χ3n) is 5.13. The normalized spacial score (nSPS) is 17.9. The van der Waals surface area contributed by atoms with E-state index in [1.807, 2.05) is 24.3 Å². The summed E-state index contributed by atoms with van der Waals surface area (Å²) in [6.45, 7) is 0.832. The summed E-state index contributed by atoms with van der Waals surface area (Å²) >= 11 is 0. The first-order valence-corrected chi connectivity index (χ1v) is 10.9. The van der Waals surface area contributed by atoms with Crippen LogP contribution < -0.4 is 4.74 Å². The Balaban J connectivity index is 1.66. The van der Waals surface area contributed by atoms with Crippen LogP contribution in [0.25, 0.3) is 11.3 Å². The Morgan fingerprint density at radius 2 is 2.00 bits per heavy atom. The zero-order valence-corrected chi connectivity index (χ0v) is 17.2. The van der Waals surface area contributed by atoms with Crippen molar-refractivity contribution in [3.05, 3.63) is 54.9 Å². The van der Waals surface area contributed by atoms with Gasteiger partial charge in [0.2, 0.25) is 0 Å². The van der Waals surface area contributed by atoms with Crippen LogP contribution in [0, 0.1) is 0 Å². The highest BCUT2D eigenvalue weighted by molar-refractivity contribution is 7.89. The standard InChI is InChI=1S/C20H23N5O3S/c1-24-13-18(23-14-24)29(26,27)25-10-4-6-16(12-25)20-19(21-8-9-22-20)15-5-3-7-17(11-15)28-2/h3,5,7-9,11,13-14,16H,4,6,10,12H2,1-2H3/t16-/m0/s1. The van der Waals surface area contributed by atoms with Crippen LogP contribution in [0.4, 0.5) is 0 Å².